The number of nitrogens with zero attached hydrogens (tertiary/aromatic N) is 1. The van der Waals surface area contributed by atoms with Crippen LogP contribution in [-0.2, 0) is 21.4 Å². The molecule has 0 saturated carbocycles. The smallest absolute Gasteiger partial charge is 0.243 e. The molecule has 8 heteroatoms. The fourth-order valence-corrected chi connectivity index (χ4v) is 4.69. The van der Waals surface area contributed by atoms with Crippen LogP contribution in [0.25, 0.3) is 0 Å². The minimum atomic E-state index is -4.08. The lowest BCUT2D eigenvalue weighted by Crippen LogP contribution is -2.41. The maximum atomic E-state index is 13.4. The molecule has 1 N–H and O–H groups in total. The third kappa shape index (κ3) is 6.34. The van der Waals surface area contributed by atoms with E-state index in [1.807, 2.05) is 37.3 Å². The zero-order chi connectivity index (χ0) is 24.0. The topological polar surface area (TPSA) is 83.6 Å². The Balaban J connectivity index is 1.85. The largest absolute Gasteiger partial charge is 0.348 e. The van der Waals surface area contributed by atoms with E-state index in [2.05, 4.69) is 5.32 Å². The van der Waals surface area contributed by atoms with Crippen LogP contribution in [-0.4, -0.2) is 31.0 Å². The second-order valence-electron chi connectivity index (χ2n) is 7.68. The Labute approximate surface area is 193 Å². The number of rotatable bonds is 9. The van der Waals surface area contributed by atoms with Crippen LogP contribution in [0, 0.1) is 5.82 Å². The lowest BCUT2D eigenvalue weighted by atomic mass is 10.1. The fraction of sp³-hybridized carbons (Fsp3) is 0.200. The van der Waals surface area contributed by atoms with Gasteiger partial charge in [-0.15, -0.1) is 0 Å². The average molecular weight is 469 g/mol. The Kier molecular flexibility index (Phi) is 7.73. The van der Waals surface area contributed by atoms with Gasteiger partial charge in [0.2, 0.25) is 15.9 Å². The summed E-state index contributed by atoms with van der Waals surface area (Å²) in [5, 5.41) is 2.82. The molecule has 0 aromatic heterocycles. The van der Waals surface area contributed by atoms with E-state index in [-0.39, 0.29) is 23.3 Å². The highest BCUT2D eigenvalue weighted by atomic mass is 32.2. The lowest BCUT2D eigenvalue weighted by molar-refractivity contribution is -0.122. The quantitative estimate of drug-likeness (QED) is 0.480. The van der Waals surface area contributed by atoms with E-state index < -0.39 is 28.3 Å². The second kappa shape index (κ2) is 10.5. The molecule has 0 saturated heterocycles. The highest BCUT2D eigenvalue weighted by molar-refractivity contribution is 7.89. The summed E-state index contributed by atoms with van der Waals surface area (Å²) in [6, 6.07) is 20.0. The molecular formula is C25H25FN2O4S. The average Bonchev–Trinajstić information content (AvgIpc) is 2.80. The predicted molar refractivity (Wildman–Crippen MR) is 123 cm³/mol. The van der Waals surface area contributed by atoms with Crippen molar-refractivity contribution in [2.24, 2.45) is 0 Å². The Bertz CT molecular complexity index is 1210. The van der Waals surface area contributed by atoms with E-state index in [1.54, 1.807) is 0 Å². The lowest BCUT2D eigenvalue weighted by Gasteiger charge is -2.23. The molecule has 0 spiro atoms. The van der Waals surface area contributed by atoms with E-state index in [0.29, 0.717) is 11.1 Å². The van der Waals surface area contributed by atoms with Crippen molar-refractivity contribution >= 4 is 21.7 Å². The van der Waals surface area contributed by atoms with Crippen molar-refractivity contribution in [1.82, 2.24) is 9.62 Å². The van der Waals surface area contributed by atoms with E-state index in [1.165, 1.54) is 55.5 Å². The molecule has 3 aromatic rings. The van der Waals surface area contributed by atoms with Gasteiger partial charge in [0.15, 0.2) is 5.78 Å². The van der Waals surface area contributed by atoms with Gasteiger partial charge in [-0.1, -0.05) is 54.6 Å². The monoisotopic (exact) mass is 468 g/mol. The first-order valence-corrected chi connectivity index (χ1v) is 11.8. The van der Waals surface area contributed by atoms with Gasteiger partial charge < -0.3 is 5.32 Å². The molecule has 6 nitrogen and oxygen atoms in total. The minimum absolute atomic E-state index is 0.0430. The number of hydrogen-bond donors (Lipinski definition) is 1. The molecule has 172 valence electrons. The van der Waals surface area contributed by atoms with Crippen molar-refractivity contribution in [2.75, 3.05) is 6.54 Å². The number of benzene rings is 3. The fourth-order valence-electron chi connectivity index (χ4n) is 3.30. The van der Waals surface area contributed by atoms with E-state index in [9.17, 15) is 22.4 Å². The molecular weight excluding hydrogens is 443 g/mol. The number of amides is 1. The first kappa shape index (κ1) is 24.3. The highest BCUT2D eigenvalue weighted by Gasteiger charge is 2.27. The molecule has 0 aliphatic carbocycles. The molecule has 0 heterocycles. The first-order chi connectivity index (χ1) is 15.7. The standard InChI is InChI=1S/C25H25FN2O4S/c1-18(21-6-4-3-5-7-21)27-25(30)17-28(16-20-8-12-23(26)13-9-20)33(31,32)24-14-10-22(11-15-24)19(2)29/h3-15,18H,16-17H2,1-2H3,(H,27,30)/t18-/m1/s1. The number of carbonyl (C=O) groups is 2. The van der Waals surface area contributed by atoms with Gasteiger partial charge in [-0.25, -0.2) is 12.8 Å². The van der Waals surface area contributed by atoms with Crippen LogP contribution in [0.3, 0.4) is 0 Å². The molecule has 0 aliphatic rings. The summed E-state index contributed by atoms with van der Waals surface area (Å²) in [7, 11) is -4.08. The van der Waals surface area contributed by atoms with Crippen molar-refractivity contribution in [3.05, 3.63) is 101 Å². The minimum Gasteiger partial charge on any atom is -0.348 e. The molecule has 1 amide bonds. The number of Topliss-reactive ketones (excluding diaryl/α,β-unsaturated/α-hetero) is 1. The number of carbonyl (C=O) groups excluding carboxylic acids is 2. The predicted octanol–water partition coefficient (Wildman–Crippen LogP) is 4.10. The van der Waals surface area contributed by atoms with Gasteiger partial charge in [-0.3, -0.25) is 9.59 Å². The molecule has 3 aromatic carbocycles. The molecule has 0 aliphatic heterocycles. The molecule has 33 heavy (non-hydrogen) atoms. The van der Waals surface area contributed by atoms with Crippen molar-refractivity contribution in [3.8, 4) is 0 Å². The molecule has 0 radical (unpaired) electrons. The Hall–Kier alpha value is -3.36. The van der Waals surface area contributed by atoms with Crippen molar-refractivity contribution in [1.29, 1.82) is 0 Å². The van der Waals surface area contributed by atoms with E-state index in [0.717, 1.165) is 9.87 Å². The normalized spacial score (nSPS) is 12.4. The molecule has 1 atom stereocenters. The SMILES string of the molecule is CC(=O)c1ccc(S(=O)(=O)N(CC(=O)N[C@H](C)c2ccccc2)Cc2ccc(F)cc2)cc1. The number of halogens is 1. The van der Waals surface area contributed by atoms with E-state index >= 15 is 0 Å². The van der Waals surface area contributed by atoms with Crippen LogP contribution >= 0.6 is 0 Å². The van der Waals surface area contributed by atoms with Gasteiger partial charge in [0.1, 0.15) is 5.82 Å². The third-order valence-corrected chi connectivity index (χ3v) is 6.97. The second-order valence-corrected chi connectivity index (χ2v) is 9.62. The number of ketones is 1. The molecule has 0 unspecified atom stereocenters. The Morgan fingerprint density at radius 2 is 1.55 bits per heavy atom. The van der Waals surface area contributed by atoms with Crippen LogP contribution in [0.4, 0.5) is 4.39 Å². The first-order valence-electron chi connectivity index (χ1n) is 10.4. The molecule has 0 fully saturated rings. The van der Waals surface area contributed by atoms with Gasteiger partial charge in [-0.2, -0.15) is 4.31 Å². The Morgan fingerprint density at radius 1 is 0.939 bits per heavy atom. The van der Waals surface area contributed by atoms with Crippen LogP contribution in [0.15, 0.2) is 83.8 Å². The summed E-state index contributed by atoms with van der Waals surface area (Å²) < 4.78 is 41.1. The van der Waals surface area contributed by atoms with E-state index in [4.69, 9.17) is 0 Å². The molecule has 3 rings (SSSR count). The zero-order valence-electron chi connectivity index (χ0n) is 18.4. The number of nitrogens with one attached hydrogen (secondary N) is 1. The van der Waals surface area contributed by atoms with Gasteiger partial charge >= 0.3 is 0 Å². The van der Waals surface area contributed by atoms with Crippen LogP contribution in [0.1, 0.15) is 41.4 Å². The number of sulfonamides is 1. The third-order valence-electron chi connectivity index (χ3n) is 5.17. The van der Waals surface area contributed by atoms with Gasteiger partial charge in [-0.05, 0) is 49.2 Å². The zero-order valence-corrected chi connectivity index (χ0v) is 19.2. The summed E-state index contributed by atoms with van der Waals surface area (Å²) in [6.07, 6.45) is 0. The van der Waals surface area contributed by atoms with Crippen molar-refractivity contribution in [2.45, 2.75) is 31.3 Å². The van der Waals surface area contributed by atoms with Crippen molar-refractivity contribution in [3.63, 3.8) is 0 Å². The summed E-state index contributed by atoms with van der Waals surface area (Å²) >= 11 is 0. The summed E-state index contributed by atoms with van der Waals surface area (Å²) in [5.41, 5.74) is 1.80. The van der Waals surface area contributed by atoms with Gasteiger partial charge in [0, 0.05) is 12.1 Å². The summed E-state index contributed by atoms with van der Waals surface area (Å²) in [4.78, 5) is 24.3. The summed E-state index contributed by atoms with van der Waals surface area (Å²) in [6.45, 7) is 2.66. The van der Waals surface area contributed by atoms with Crippen LogP contribution in [0.2, 0.25) is 0 Å². The van der Waals surface area contributed by atoms with Crippen molar-refractivity contribution < 1.29 is 22.4 Å². The van der Waals surface area contributed by atoms with Crippen LogP contribution < -0.4 is 5.32 Å². The van der Waals surface area contributed by atoms with Crippen LogP contribution in [0.5, 0.6) is 0 Å². The molecule has 0 bridgehead atoms. The maximum Gasteiger partial charge on any atom is 0.243 e. The highest BCUT2D eigenvalue weighted by Crippen LogP contribution is 2.20. The van der Waals surface area contributed by atoms with Gasteiger partial charge in [0.25, 0.3) is 0 Å². The summed E-state index contributed by atoms with van der Waals surface area (Å²) in [5.74, 6) is -1.10. The van der Waals surface area contributed by atoms with Gasteiger partial charge in [0.05, 0.1) is 17.5 Å². The maximum absolute atomic E-state index is 13.4. The Morgan fingerprint density at radius 3 is 2.12 bits per heavy atom. The number of hydrogen-bond acceptors (Lipinski definition) is 4.